The molecule has 146 valence electrons. The van der Waals surface area contributed by atoms with Crippen molar-refractivity contribution in [3.8, 4) is 17.2 Å². The van der Waals surface area contributed by atoms with Crippen LogP contribution in [0.25, 0.3) is 0 Å². The van der Waals surface area contributed by atoms with Gasteiger partial charge in [0.15, 0.2) is 11.5 Å². The van der Waals surface area contributed by atoms with Gasteiger partial charge in [0.05, 0.1) is 34.0 Å². The highest BCUT2D eigenvalue weighted by Gasteiger charge is 2.29. The monoisotopic (exact) mass is 368 g/mol. The lowest BCUT2D eigenvalue weighted by Crippen LogP contribution is -2.14. The first-order valence-electron chi connectivity index (χ1n) is 8.81. The molecule has 1 aromatic rings. The SMILES string of the molecule is CCCCCOc1c(OC)c(C(=O)OCC)cc(C(=O)OCC)c1OC. The third kappa shape index (κ3) is 5.28. The van der Waals surface area contributed by atoms with Gasteiger partial charge in [-0.15, -0.1) is 0 Å². The second-order valence-electron chi connectivity index (χ2n) is 5.36. The molecule has 0 N–H and O–H groups in total. The van der Waals surface area contributed by atoms with Crippen molar-refractivity contribution in [1.82, 2.24) is 0 Å². The fraction of sp³-hybridized carbons (Fsp3) is 0.579. The van der Waals surface area contributed by atoms with Gasteiger partial charge >= 0.3 is 11.9 Å². The van der Waals surface area contributed by atoms with E-state index in [0.717, 1.165) is 19.3 Å². The third-order valence-electron chi connectivity index (χ3n) is 3.58. The van der Waals surface area contributed by atoms with E-state index < -0.39 is 11.9 Å². The molecule has 0 atom stereocenters. The smallest absolute Gasteiger partial charge is 0.342 e. The summed E-state index contributed by atoms with van der Waals surface area (Å²) in [6.07, 6.45) is 2.85. The summed E-state index contributed by atoms with van der Waals surface area (Å²) in [5.41, 5.74) is 0.174. The molecular weight excluding hydrogens is 340 g/mol. The number of hydrogen-bond acceptors (Lipinski definition) is 7. The topological polar surface area (TPSA) is 80.3 Å². The molecular formula is C19H28O7. The molecule has 1 rings (SSSR count). The number of esters is 2. The van der Waals surface area contributed by atoms with Crippen LogP contribution in [0.2, 0.25) is 0 Å². The Kier molecular flexibility index (Phi) is 9.33. The summed E-state index contributed by atoms with van der Waals surface area (Å²) in [4.78, 5) is 24.7. The van der Waals surface area contributed by atoms with Crippen molar-refractivity contribution in [2.75, 3.05) is 34.0 Å². The Morgan fingerprint density at radius 1 is 0.808 bits per heavy atom. The van der Waals surface area contributed by atoms with Crippen LogP contribution in [0, 0.1) is 0 Å². The molecule has 0 unspecified atom stereocenters. The molecule has 26 heavy (non-hydrogen) atoms. The molecule has 7 nitrogen and oxygen atoms in total. The predicted molar refractivity (Wildman–Crippen MR) is 96.5 cm³/mol. The van der Waals surface area contributed by atoms with Crippen LogP contribution in [0.4, 0.5) is 0 Å². The fourth-order valence-corrected chi connectivity index (χ4v) is 2.41. The maximum atomic E-state index is 12.3. The van der Waals surface area contributed by atoms with Crippen molar-refractivity contribution in [2.24, 2.45) is 0 Å². The molecule has 0 aliphatic carbocycles. The average molecular weight is 368 g/mol. The van der Waals surface area contributed by atoms with E-state index >= 15 is 0 Å². The van der Waals surface area contributed by atoms with Gasteiger partial charge in [-0.25, -0.2) is 9.59 Å². The molecule has 0 radical (unpaired) electrons. The average Bonchev–Trinajstić information content (AvgIpc) is 2.64. The first kappa shape index (κ1) is 21.6. The second-order valence-corrected chi connectivity index (χ2v) is 5.36. The van der Waals surface area contributed by atoms with E-state index in [4.69, 9.17) is 23.7 Å². The van der Waals surface area contributed by atoms with Gasteiger partial charge in [0.1, 0.15) is 11.1 Å². The van der Waals surface area contributed by atoms with Gasteiger partial charge < -0.3 is 23.7 Å². The molecule has 0 saturated carbocycles. The van der Waals surface area contributed by atoms with Crippen LogP contribution in [0.3, 0.4) is 0 Å². The minimum Gasteiger partial charge on any atom is -0.492 e. The molecule has 1 aromatic carbocycles. The Morgan fingerprint density at radius 3 is 1.69 bits per heavy atom. The van der Waals surface area contributed by atoms with E-state index in [1.54, 1.807) is 13.8 Å². The van der Waals surface area contributed by atoms with Crippen LogP contribution >= 0.6 is 0 Å². The van der Waals surface area contributed by atoms with Crippen LogP contribution in [0.15, 0.2) is 6.07 Å². The molecule has 0 amide bonds. The Balaban J connectivity index is 3.47. The first-order chi connectivity index (χ1) is 12.5. The normalized spacial score (nSPS) is 10.2. The minimum atomic E-state index is -0.615. The Hall–Kier alpha value is -2.44. The number of carbonyl (C=O) groups excluding carboxylic acids is 2. The van der Waals surface area contributed by atoms with Crippen molar-refractivity contribution in [3.63, 3.8) is 0 Å². The zero-order valence-corrected chi connectivity index (χ0v) is 16.2. The third-order valence-corrected chi connectivity index (χ3v) is 3.58. The molecule has 0 aromatic heterocycles. The minimum absolute atomic E-state index is 0.0868. The lowest BCUT2D eigenvalue weighted by Gasteiger charge is -2.19. The number of carbonyl (C=O) groups is 2. The van der Waals surface area contributed by atoms with Gasteiger partial charge in [0.2, 0.25) is 5.75 Å². The van der Waals surface area contributed by atoms with E-state index in [0.29, 0.717) is 6.61 Å². The molecule has 0 fully saturated rings. The quantitative estimate of drug-likeness (QED) is 0.436. The van der Waals surface area contributed by atoms with Gasteiger partial charge in [-0.05, 0) is 26.3 Å². The van der Waals surface area contributed by atoms with Gasteiger partial charge in [-0.3, -0.25) is 0 Å². The van der Waals surface area contributed by atoms with Gasteiger partial charge in [-0.2, -0.15) is 0 Å². The Morgan fingerprint density at radius 2 is 1.31 bits per heavy atom. The van der Waals surface area contributed by atoms with E-state index in [2.05, 4.69) is 6.92 Å². The van der Waals surface area contributed by atoms with E-state index in [1.807, 2.05) is 0 Å². The van der Waals surface area contributed by atoms with Crippen LogP contribution in [0.1, 0.15) is 60.7 Å². The van der Waals surface area contributed by atoms with Crippen molar-refractivity contribution >= 4 is 11.9 Å². The Labute approximate surface area is 154 Å². The first-order valence-corrected chi connectivity index (χ1v) is 8.81. The van der Waals surface area contributed by atoms with Crippen LogP contribution in [-0.2, 0) is 9.47 Å². The zero-order chi connectivity index (χ0) is 19.5. The number of unbranched alkanes of at least 4 members (excludes halogenated alkanes) is 2. The Bertz CT molecular complexity index is 566. The number of hydrogen-bond donors (Lipinski definition) is 0. The summed E-state index contributed by atoms with van der Waals surface area (Å²) in [7, 11) is 2.83. The highest BCUT2D eigenvalue weighted by Crippen LogP contribution is 2.43. The predicted octanol–water partition coefficient (Wildman–Crippen LogP) is 3.63. The summed E-state index contributed by atoms with van der Waals surface area (Å²) < 4.78 is 26.7. The molecule has 0 aliphatic heterocycles. The molecule has 7 heteroatoms. The maximum absolute atomic E-state index is 12.3. The standard InChI is InChI=1S/C19H28O7/c1-6-9-10-11-26-17-15(22-4)13(18(20)24-7-2)12-14(16(17)23-5)19(21)25-8-3/h12H,6-11H2,1-5H3. The lowest BCUT2D eigenvalue weighted by atomic mass is 10.1. The molecule has 0 bridgehead atoms. The molecule has 0 spiro atoms. The second kappa shape index (κ2) is 11.2. The summed E-state index contributed by atoms with van der Waals surface area (Å²) in [5, 5.41) is 0. The summed E-state index contributed by atoms with van der Waals surface area (Å²) in [6.45, 7) is 6.26. The number of ether oxygens (including phenoxy) is 5. The number of benzene rings is 1. The van der Waals surface area contributed by atoms with E-state index in [1.165, 1.54) is 20.3 Å². The van der Waals surface area contributed by atoms with E-state index in [9.17, 15) is 9.59 Å². The van der Waals surface area contributed by atoms with E-state index in [-0.39, 0.29) is 41.6 Å². The lowest BCUT2D eigenvalue weighted by molar-refractivity contribution is 0.0518. The van der Waals surface area contributed by atoms with Crippen molar-refractivity contribution in [1.29, 1.82) is 0 Å². The summed E-state index contributed by atoms with van der Waals surface area (Å²) >= 11 is 0. The van der Waals surface area contributed by atoms with Crippen molar-refractivity contribution < 1.29 is 33.3 Å². The van der Waals surface area contributed by atoms with Gasteiger partial charge in [0, 0.05) is 0 Å². The number of methoxy groups -OCH3 is 2. The highest BCUT2D eigenvalue weighted by molar-refractivity contribution is 6.01. The van der Waals surface area contributed by atoms with Crippen LogP contribution in [0.5, 0.6) is 17.2 Å². The highest BCUT2D eigenvalue weighted by atomic mass is 16.6. The summed E-state index contributed by atoms with van der Waals surface area (Å²) in [5.74, 6) is -0.693. The fourth-order valence-electron chi connectivity index (χ4n) is 2.41. The van der Waals surface area contributed by atoms with Crippen LogP contribution < -0.4 is 14.2 Å². The molecule has 0 heterocycles. The summed E-state index contributed by atoms with van der Waals surface area (Å²) in [6, 6.07) is 1.35. The molecule has 0 aliphatic rings. The van der Waals surface area contributed by atoms with Crippen molar-refractivity contribution in [2.45, 2.75) is 40.0 Å². The molecule has 0 saturated heterocycles. The number of rotatable bonds is 11. The van der Waals surface area contributed by atoms with Gasteiger partial charge in [-0.1, -0.05) is 19.8 Å². The van der Waals surface area contributed by atoms with Gasteiger partial charge in [0.25, 0.3) is 0 Å². The van der Waals surface area contributed by atoms with Crippen LogP contribution in [-0.4, -0.2) is 46.0 Å². The van der Waals surface area contributed by atoms with Crippen molar-refractivity contribution in [3.05, 3.63) is 17.2 Å². The maximum Gasteiger partial charge on any atom is 0.342 e. The largest absolute Gasteiger partial charge is 0.492 e. The zero-order valence-electron chi connectivity index (χ0n) is 16.2.